The van der Waals surface area contributed by atoms with Crippen LogP contribution in [0, 0.1) is 0 Å². The maximum atomic E-state index is 12.4. The number of carbonyl (C=O) groups is 3. The molecule has 1 aliphatic rings. The first-order valence-electron chi connectivity index (χ1n) is 7.98. The van der Waals surface area contributed by atoms with E-state index in [1.54, 1.807) is 13.1 Å². The van der Waals surface area contributed by atoms with Crippen LogP contribution in [0.4, 0.5) is 4.79 Å². The van der Waals surface area contributed by atoms with Gasteiger partial charge in [0.25, 0.3) is 17.1 Å². The number of hydrogen-bond donors (Lipinski definition) is 1. The number of benzene rings is 1. The van der Waals surface area contributed by atoms with Gasteiger partial charge in [-0.15, -0.1) is 0 Å². The largest absolute Gasteiger partial charge is 0.349 e. The first-order valence-corrected chi connectivity index (χ1v) is 9.55. The van der Waals surface area contributed by atoms with Gasteiger partial charge in [0.05, 0.1) is 9.93 Å². The zero-order valence-corrected chi connectivity index (χ0v) is 16.6. The lowest BCUT2D eigenvalue weighted by Crippen LogP contribution is -2.37. The summed E-state index contributed by atoms with van der Waals surface area (Å²) < 4.78 is 1.46. The maximum absolute atomic E-state index is 12.4. The Morgan fingerprint density at radius 1 is 1.22 bits per heavy atom. The molecule has 9 heteroatoms. The molecular weight excluding hydrogens is 409 g/mol. The van der Waals surface area contributed by atoms with E-state index >= 15 is 0 Å². The van der Waals surface area contributed by atoms with Crippen molar-refractivity contribution in [1.82, 2.24) is 14.8 Å². The summed E-state index contributed by atoms with van der Waals surface area (Å²) >= 11 is 12.7. The molecule has 6 nitrogen and oxygen atoms in total. The molecule has 0 radical (unpaired) electrons. The summed E-state index contributed by atoms with van der Waals surface area (Å²) in [5, 5.41) is 2.84. The van der Waals surface area contributed by atoms with E-state index in [1.165, 1.54) is 10.6 Å². The molecule has 0 unspecified atom stereocenters. The van der Waals surface area contributed by atoms with E-state index in [0.29, 0.717) is 10.6 Å². The van der Waals surface area contributed by atoms with Crippen molar-refractivity contribution < 1.29 is 14.4 Å². The van der Waals surface area contributed by atoms with Crippen LogP contribution in [0.25, 0.3) is 6.08 Å². The average molecular weight is 424 g/mol. The van der Waals surface area contributed by atoms with Crippen molar-refractivity contribution in [2.45, 2.75) is 0 Å². The van der Waals surface area contributed by atoms with Crippen LogP contribution in [0.3, 0.4) is 0 Å². The summed E-state index contributed by atoms with van der Waals surface area (Å²) in [5.74, 6) is -0.758. The number of carbonyl (C=O) groups excluding carboxylic acids is 3. The summed E-state index contributed by atoms with van der Waals surface area (Å²) in [6, 6.07) is 10.7. The Balaban J connectivity index is 1.60. The number of hydrogen-bond acceptors (Lipinski definition) is 4. The monoisotopic (exact) mass is 423 g/mol. The molecule has 0 aliphatic carbocycles. The van der Waals surface area contributed by atoms with Crippen molar-refractivity contribution in [2.24, 2.45) is 7.05 Å². The molecule has 3 amide bonds. The fourth-order valence-corrected chi connectivity index (χ4v) is 3.77. The fourth-order valence-electron chi connectivity index (χ4n) is 2.53. The lowest BCUT2D eigenvalue weighted by atomic mass is 10.2. The maximum Gasteiger partial charge on any atom is 0.293 e. The van der Waals surface area contributed by atoms with Gasteiger partial charge in [0.15, 0.2) is 0 Å². The van der Waals surface area contributed by atoms with E-state index in [9.17, 15) is 14.4 Å². The molecule has 140 valence electrons. The second kappa shape index (κ2) is 8.21. The number of imide groups is 1. The molecular formula is C18H15Cl2N3O3S. The highest BCUT2D eigenvalue weighted by Gasteiger charge is 2.34. The topological polar surface area (TPSA) is 71.4 Å². The van der Waals surface area contributed by atoms with E-state index in [4.69, 9.17) is 23.2 Å². The molecule has 0 bridgehead atoms. The van der Waals surface area contributed by atoms with E-state index in [1.807, 2.05) is 30.3 Å². The highest BCUT2D eigenvalue weighted by molar-refractivity contribution is 8.18. The van der Waals surface area contributed by atoms with Crippen molar-refractivity contribution >= 4 is 58.1 Å². The highest BCUT2D eigenvalue weighted by atomic mass is 35.5. The predicted octanol–water partition coefficient (Wildman–Crippen LogP) is 3.80. The number of aromatic nitrogens is 1. The third kappa shape index (κ3) is 4.21. The third-order valence-electron chi connectivity index (χ3n) is 3.94. The molecule has 1 aromatic heterocycles. The van der Waals surface area contributed by atoms with Gasteiger partial charge in [-0.1, -0.05) is 53.5 Å². The van der Waals surface area contributed by atoms with Gasteiger partial charge in [0.2, 0.25) is 0 Å². The predicted molar refractivity (Wildman–Crippen MR) is 107 cm³/mol. The zero-order chi connectivity index (χ0) is 19.6. The van der Waals surface area contributed by atoms with Gasteiger partial charge >= 0.3 is 0 Å². The smallest absolute Gasteiger partial charge is 0.293 e. The van der Waals surface area contributed by atoms with Crippen LogP contribution < -0.4 is 5.32 Å². The minimum absolute atomic E-state index is 0.0778. The molecule has 2 heterocycles. The molecule has 27 heavy (non-hydrogen) atoms. The molecule has 0 atom stereocenters. The Morgan fingerprint density at radius 2 is 1.93 bits per heavy atom. The van der Waals surface area contributed by atoms with Gasteiger partial charge in [-0.25, -0.2) is 0 Å². The minimum atomic E-state index is -0.391. The normalized spacial score (nSPS) is 15.7. The summed E-state index contributed by atoms with van der Waals surface area (Å²) in [4.78, 5) is 38.2. The van der Waals surface area contributed by atoms with Gasteiger partial charge < -0.3 is 9.88 Å². The number of nitrogens with one attached hydrogen (secondary N) is 1. The van der Waals surface area contributed by atoms with Crippen LogP contribution in [0.15, 0.2) is 41.3 Å². The van der Waals surface area contributed by atoms with Crippen LogP contribution in [0.1, 0.15) is 16.1 Å². The van der Waals surface area contributed by atoms with E-state index < -0.39 is 5.91 Å². The number of nitrogens with zero attached hydrogens (tertiary/aromatic N) is 2. The first-order chi connectivity index (χ1) is 12.9. The van der Waals surface area contributed by atoms with E-state index in [2.05, 4.69) is 5.32 Å². The molecule has 1 fully saturated rings. The van der Waals surface area contributed by atoms with Gasteiger partial charge in [0, 0.05) is 20.1 Å². The zero-order valence-electron chi connectivity index (χ0n) is 14.2. The minimum Gasteiger partial charge on any atom is -0.349 e. The molecule has 1 saturated heterocycles. The van der Waals surface area contributed by atoms with Gasteiger partial charge in [-0.3, -0.25) is 19.3 Å². The third-order valence-corrected chi connectivity index (χ3v) is 5.69. The number of halogens is 2. The molecule has 1 aromatic carbocycles. The van der Waals surface area contributed by atoms with Crippen molar-refractivity contribution in [1.29, 1.82) is 0 Å². The Morgan fingerprint density at radius 3 is 2.56 bits per heavy atom. The summed E-state index contributed by atoms with van der Waals surface area (Å²) in [6.45, 7) is 0.199. The van der Waals surface area contributed by atoms with Gasteiger partial charge in [0.1, 0.15) is 10.8 Å². The van der Waals surface area contributed by atoms with Crippen LogP contribution in [0.5, 0.6) is 0 Å². The van der Waals surface area contributed by atoms with Crippen molar-refractivity contribution in [3.63, 3.8) is 0 Å². The molecule has 0 spiro atoms. The standard InChI is InChI=1S/C18H15Cl2N3O3S/c1-22-13(10-12(19)15(22)20)16(24)21-7-8-23-17(25)14(27-18(23)26)9-11-5-3-2-4-6-11/h2-6,9-10H,7-8H2,1H3,(H,21,24). The Labute approximate surface area is 170 Å². The van der Waals surface area contributed by atoms with Crippen molar-refractivity contribution in [2.75, 3.05) is 13.1 Å². The molecule has 0 saturated carbocycles. The molecule has 2 aromatic rings. The second-order valence-corrected chi connectivity index (χ2v) is 7.49. The van der Waals surface area contributed by atoms with Crippen LogP contribution in [0.2, 0.25) is 10.2 Å². The average Bonchev–Trinajstić information content (AvgIpc) is 3.07. The lowest BCUT2D eigenvalue weighted by molar-refractivity contribution is -0.122. The van der Waals surface area contributed by atoms with E-state index in [0.717, 1.165) is 22.2 Å². The fraction of sp³-hybridized carbons (Fsp3) is 0.167. The molecule has 3 rings (SSSR count). The second-order valence-electron chi connectivity index (χ2n) is 5.73. The Bertz CT molecular complexity index is 941. The van der Waals surface area contributed by atoms with Crippen molar-refractivity contribution in [3.8, 4) is 0 Å². The SMILES string of the molecule is Cn1c(C(=O)NCCN2C(=O)SC(=Cc3ccccc3)C2=O)cc(Cl)c1Cl. The van der Waals surface area contributed by atoms with Gasteiger partial charge in [-0.2, -0.15) is 0 Å². The first kappa shape index (κ1) is 19.5. The Kier molecular flexibility index (Phi) is 5.94. The lowest BCUT2D eigenvalue weighted by Gasteiger charge is -2.13. The van der Waals surface area contributed by atoms with Crippen LogP contribution in [-0.2, 0) is 11.8 Å². The number of amides is 3. The van der Waals surface area contributed by atoms with Crippen molar-refractivity contribution in [3.05, 3.63) is 62.7 Å². The highest BCUT2D eigenvalue weighted by Crippen LogP contribution is 2.31. The molecule has 1 N–H and O–H groups in total. The summed E-state index contributed by atoms with van der Waals surface area (Å²) in [7, 11) is 1.62. The quantitative estimate of drug-likeness (QED) is 0.742. The number of thioether (sulfide) groups is 1. The number of rotatable bonds is 5. The van der Waals surface area contributed by atoms with Gasteiger partial charge in [-0.05, 0) is 29.5 Å². The van der Waals surface area contributed by atoms with Crippen LogP contribution in [-0.4, -0.2) is 39.6 Å². The summed E-state index contributed by atoms with van der Waals surface area (Å²) in [5.41, 5.74) is 1.14. The molecule has 1 aliphatic heterocycles. The summed E-state index contributed by atoms with van der Waals surface area (Å²) in [6.07, 6.45) is 1.68. The van der Waals surface area contributed by atoms with E-state index in [-0.39, 0.29) is 34.4 Å². The van der Waals surface area contributed by atoms with Crippen LogP contribution >= 0.6 is 35.0 Å². The Hall–Kier alpha value is -2.22.